The Hall–Kier alpha value is -1.30. The van der Waals surface area contributed by atoms with E-state index in [4.69, 9.17) is 16.3 Å². The van der Waals surface area contributed by atoms with Gasteiger partial charge in [-0.25, -0.2) is 0 Å². The third-order valence-corrected chi connectivity index (χ3v) is 3.38. The van der Waals surface area contributed by atoms with Crippen molar-refractivity contribution in [1.29, 1.82) is 0 Å². The van der Waals surface area contributed by atoms with E-state index >= 15 is 0 Å². The van der Waals surface area contributed by atoms with E-state index in [2.05, 4.69) is 10.6 Å². The lowest BCUT2D eigenvalue weighted by atomic mass is 10.1. The predicted octanol–water partition coefficient (Wildman–Crippen LogP) is 0.948. The molecule has 2 unspecified atom stereocenters. The fourth-order valence-electron chi connectivity index (χ4n) is 2.02. The summed E-state index contributed by atoms with van der Waals surface area (Å²) in [6.07, 6.45) is 0.729. The van der Waals surface area contributed by atoms with Gasteiger partial charge in [0.15, 0.2) is 0 Å². The third-order valence-electron chi connectivity index (χ3n) is 3.15. The lowest BCUT2D eigenvalue weighted by Gasteiger charge is -2.24. The molecule has 5 nitrogen and oxygen atoms in total. The van der Waals surface area contributed by atoms with Crippen LogP contribution in [0.4, 0.5) is 0 Å². The summed E-state index contributed by atoms with van der Waals surface area (Å²) >= 11 is 5.85. The Balaban J connectivity index is 1.65. The van der Waals surface area contributed by atoms with E-state index in [0.29, 0.717) is 30.3 Å². The summed E-state index contributed by atoms with van der Waals surface area (Å²) in [7, 11) is 0. The van der Waals surface area contributed by atoms with Crippen molar-refractivity contribution in [3.8, 4) is 5.75 Å². The molecule has 6 heteroatoms. The highest BCUT2D eigenvalue weighted by Gasteiger charge is 2.18. The lowest BCUT2D eigenvalue weighted by molar-refractivity contribution is -0.122. The van der Waals surface area contributed by atoms with Gasteiger partial charge in [0, 0.05) is 30.6 Å². The second kappa shape index (κ2) is 7.47. The zero-order chi connectivity index (χ0) is 14.4. The van der Waals surface area contributed by atoms with Crippen molar-refractivity contribution < 1.29 is 14.6 Å². The molecule has 1 aliphatic heterocycles. The SMILES string of the molecule is O=C1CCC(NCC(O)COc2cccc(Cl)c2)CN1. The Labute approximate surface area is 123 Å². The molecule has 0 spiro atoms. The van der Waals surface area contributed by atoms with E-state index in [-0.39, 0.29) is 18.6 Å². The van der Waals surface area contributed by atoms with Gasteiger partial charge in [-0.05, 0) is 24.6 Å². The first-order valence-electron chi connectivity index (χ1n) is 6.70. The molecule has 0 aliphatic carbocycles. The monoisotopic (exact) mass is 298 g/mol. The van der Waals surface area contributed by atoms with E-state index in [1.54, 1.807) is 24.3 Å². The number of nitrogens with one attached hydrogen (secondary N) is 2. The number of halogens is 1. The Morgan fingerprint density at radius 2 is 2.40 bits per heavy atom. The van der Waals surface area contributed by atoms with Crippen molar-refractivity contribution in [3.05, 3.63) is 29.3 Å². The summed E-state index contributed by atoms with van der Waals surface area (Å²) in [6.45, 7) is 1.24. The largest absolute Gasteiger partial charge is 0.491 e. The van der Waals surface area contributed by atoms with Crippen molar-refractivity contribution in [1.82, 2.24) is 10.6 Å². The first-order chi connectivity index (χ1) is 9.63. The fraction of sp³-hybridized carbons (Fsp3) is 0.500. The molecule has 0 aromatic heterocycles. The Kier molecular flexibility index (Phi) is 5.64. The zero-order valence-corrected chi connectivity index (χ0v) is 11.9. The molecule has 2 rings (SSSR count). The molecule has 1 aromatic carbocycles. The Morgan fingerprint density at radius 1 is 1.55 bits per heavy atom. The molecule has 1 fully saturated rings. The van der Waals surface area contributed by atoms with Gasteiger partial charge >= 0.3 is 0 Å². The average Bonchev–Trinajstić information content (AvgIpc) is 2.45. The number of carbonyl (C=O) groups excluding carboxylic acids is 1. The summed E-state index contributed by atoms with van der Waals surface area (Å²) < 4.78 is 5.46. The summed E-state index contributed by atoms with van der Waals surface area (Å²) in [4.78, 5) is 11.0. The van der Waals surface area contributed by atoms with Gasteiger partial charge in [0.25, 0.3) is 0 Å². The van der Waals surface area contributed by atoms with Gasteiger partial charge < -0.3 is 20.5 Å². The summed E-state index contributed by atoms with van der Waals surface area (Å²) in [5.41, 5.74) is 0. The molecule has 1 saturated heterocycles. The highest BCUT2D eigenvalue weighted by Crippen LogP contribution is 2.17. The van der Waals surface area contributed by atoms with Crippen LogP contribution in [-0.2, 0) is 4.79 Å². The molecular formula is C14H19ClN2O3. The van der Waals surface area contributed by atoms with Crippen LogP contribution in [0.25, 0.3) is 0 Å². The van der Waals surface area contributed by atoms with Crippen LogP contribution in [0, 0.1) is 0 Å². The standard InChI is InChI=1S/C14H19ClN2O3/c15-10-2-1-3-13(6-10)20-9-12(18)8-16-11-4-5-14(19)17-7-11/h1-3,6,11-12,16,18H,4-5,7-9H2,(H,17,19). The normalized spacial score (nSPS) is 20.3. The van der Waals surface area contributed by atoms with Crippen LogP contribution in [-0.4, -0.2) is 42.9 Å². The van der Waals surface area contributed by atoms with E-state index in [1.807, 2.05) is 0 Å². The minimum absolute atomic E-state index is 0.0906. The van der Waals surface area contributed by atoms with Crippen LogP contribution in [0.3, 0.4) is 0 Å². The molecule has 0 bridgehead atoms. The average molecular weight is 299 g/mol. The maximum atomic E-state index is 11.0. The van der Waals surface area contributed by atoms with Crippen LogP contribution < -0.4 is 15.4 Å². The quantitative estimate of drug-likeness (QED) is 0.731. The van der Waals surface area contributed by atoms with Crippen LogP contribution in [0.5, 0.6) is 5.75 Å². The summed E-state index contributed by atoms with van der Waals surface area (Å²) in [5, 5.41) is 16.5. The number of aliphatic hydroxyl groups excluding tert-OH is 1. The van der Waals surface area contributed by atoms with Crippen LogP contribution >= 0.6 is 11.6 Å². The third kappa shape index (κ3) is 5.00. The van der Waals surface area contributed by atoms with Crippen LogP contribution in [0.15, 0.2) is 24.3 Å². The number of piperidine rings is 1. The molecule has 0 saturated carbocycles. The molecule has 110 valence electrons. The zero-order valence-electron chi connectivity index (χ0n) is 11.1. The fourth-order valence-corrected chi connectivity index (χ4v) is 2.20. The van der Waals surface area contributed by atoms with Gasteiger partial charge in [-0.1, -0.05) is 17.7 Å². The summed E-state index contributed by atoms with van der Waals surface area (Å²) in [6, 6.07) is 7.28. The Morgan fingerprint density at radius 3 is 3.10 bits per heavy atom. The minimum Gasteiger partial charge on any atom is -0.491 e. The molecule has 1 amide bonds. The second-order valence-electron chi connectivity index (χ2n) is 4.87. The first kappa shape index (κ1) is 15.1. The van der Waals surface area contributed by atoms with Crippen LogP contribution in [0.1, 0.15) is 12.8 Å². The van der Waals surface area contributed by atoms with E-state index in [1.165, 1.54) is 0 Å². The van der Waals surface area contributed by atoms with Gasteiger partial charge in [-0.3, -0.25) is 4.79 Å². The summed E-state index contributed by atoms with van der Waals surface area (Å²) in [5.74, 6) is 0.731. The van der Waals surface area contributed by atoms with Gasteiger partial charge in [-0.2, -0.15) is 0 Å². The van der Waals surface area contributed by atoms with Crippen molar-refractivity contribution in [2.75, 3.05) is 19.7 Å². The molecule has 3 N–H and O–H groups in total. The van der Waals surface area contributed by atoms with Gasteiger partial charge in [-0.15, -0.1) is 0 Å². The molecular weight excluding hydrogens is 280 g/mol. The molecule has 1 heterocycles. The topological polar surface area (TPSA) is 70.6 Å². The van der Waals surface area contributed by atoms with Crippen molar-refractivity contribution in [3.63, 3.8) is 0 Å². The van der Waals surface area contributed by atoms with Crippen LogP contribution in [0.2, 0.25) is 5.02 Å². The van der Waals surface area contributed by atoms with E-state index in [9.17, 15) is 9.90 Å². The van der Waals surface area contributed by atoms with Crippen molar-refractivity contribution in [2.24, 2.45) is 0 Å². The molecule has 20 heavy (non-hydrogen) atoms. The van der Waals surface area contributed by atoms with Crippen molar-refractivity contribution in [2.45, 2.75) is 25.0 Å². The number of aliphatic hydroxyl groups is 1. The Bertz CT molecular complexity index is 446. The maximum absolute atomic E-state index is 11.0. The molecule has 1 aliphatic rings. The number of benzene rings is 1. The highest BCUT2D eigenvalue weighted by atomic mass is 35.5. The maximum Gasteiger partial charge on any atom is 0.220 e. The minimum atomic E-state index is -0.605. The number of carbonyl (C=O) groups is 1. The van der Waals surface area contributed by atoms with Gasteiger partial charge in [0.05, 0.1) is 0 Å². The van der Waals surface area contributed by atoms with E-state index in [0.717, 1.165) is 6.42 Å². The smallest absolute Gasteiger partial charge is 0.220 e. The molecule has 0 radical (unpaired) electrons. The first-order valence-corrected chi connectivity index (χ1v) is 7.08. The highest BCUT2D eigenvalue weighted by molar-refractivity contribution is 6.30. The molecule has 2 atom stereocenters. The predicted molar refractivity (Wildman–Crippen MR) is 77.0 cm³/mol. The number of hydrogen-bond donors (Lipinski definition) is 3. The van der Waals surface area contributed by atoms with Crippen molar-refractivity contribution >= 4 is 17.5 Å². The number of rotatable bonds is 6. The number of amides is 1. The second-order valence-corrected chi connectivity index (χ2v) is 5.31. The van der Waals surface area contributed by atoms with Gasteiger partial charge in [0.1, 0.15) is 18.5 Å². The number of hydrogen-bond acceptors (Lipinski definition) is 4. The van der Waals surface area contributed by atoms with Gasteiger partial charge in [0.2, 0.25) is 5.91 Å². The molecule has 1 aromatic rings. The number of ether oxygens (including phenoxy) is 1. The lowest BCUT2D eigenvalue weighted by Crippen LogP contribution is -2.48. The van der Waals surface area contributed by atoms with E-state index < -0.39 is 6.10 Å².